The van der Waals surface area contributed by atoms with Crippen LogP contribution in [0.2, 0.25) is 0 Å². The lowest BCUT2D eigenvalue weighted by Crippen LogP contribution is -2.32. The zero-order valence-corrected chi connectivity index (χ0v) is 8.08. The normalized spacial score (nSPS) is 21.6. The molecule has 15 heavy (non-hydrogen) atoms. The Morgan fingerprint density at radius 2 is 2.00 bits per heavy atom. The highest BCUT2D eigenvalue weighted by molar-refractivity contribution is 5.85. The number of carbonyl (C=O) groups excluding carboxylic acids is 1. The van der Waals surface area contributed by atoms with Crippen molar-refractivity contribution in [3.63, 3.8) is 0 Å². The molecular weight excluding hydrogens is 198 g/mol. The monoisotopic (exact) mass is 209 g/mol. The van der Waals surface area contributed by atoms with Crippen molar-refractivity contribution >= 4 is 5.78 Å². The molecule has 1 unspecified atom stereocenters. The number of nitrogens with zero attached hydrogens (tertiary/aromatic N) is 1. The van der Waals surface area contributed by atoms with Crippen molar-refractivity contribution in [2.24, 2.45) is 0 Å². The quantitative estimate of drug-likeness (QED) is 0.662. The first-order valence-electron chi connectivity index (χ1n) is 4.90. The van der Waals surface area contributed by atoms with Crippen LogP contribution in [0.5, 0.6) is 0 Å². The molecule has 6 heteroatoms. The molecule has 1 saturated carbocycles. The summed E-state index contributed by atoms with van der Waals surface area (Å²) in [4.78, 5) is 35.8. The molecule has 1 atom stereocenters. The maximum Gasteiger partial charge on any atom is 0.342 e. The molecule has 2 N–H and O–H groups in total. The summed E-state index contributed by atoms with van der Waals surface area (Å²) in [7, 11) is 0. The minimum absolute atomic E-state index is 0.0336. The Hall–Kier alpha value is -1.72. The van der Waals surface area contributed by atoms with Gasteiger partial charge in [-0.1, -0.05) is 6.42 Å². The summed E-state index contributed by atoms with van der Waals surface area (Å²) in [6.45, 7) is 0. The molecule has 1 fully saturated rings. The summed E-state index contributed by atoms with van der Waals surface area (Å²) < 4.78 is 0. The minimum Gasteiger partial charge on any atom is -0.299 e. The molecule has 0 radical (unpaired) electrons. The van der Waals surface area contributed by atoms with E-state index in [1.807, 2.05) is 0 Å². The summed E-state index contributed by atoms with van der Waals surface area (Å²) >= 11 is 0. The molecule has 2 rings (SSSR count). The predicted molar refractivity (Wildman–Crippen MR) is 51.7 cm³/mol. The average molecular weight is 209 g/mol. The molecule has 1 aliphatic rings. The zero-order chi connectivity index (χ0) is 10.8. The average Bonchev–Trinajstić information content (AvgIpc) is 2.20. The number of aromatic amines is 2. The van der Waals surface area contributed by atoms with Gasteiger partial charge < -0.3 is 0 Å². The Morgan fingerprint density at radius 3 is 2.67 bits per heavy atom. The van der Waals surface area contributed by atoms with Crippen LogP contribution in [0.25, 0.3) is 0 Å². The van der Waals surface area contributed by atoms with E-state index >= 15 is 0 Å². The van der Waals surface area contributed by atoms with Crippen molar-refractivity contribution in [2.75, 3.05) is 0 Å². The number of carbonyl (C=O) groups is 1. The van der Waals surface area contributed by atoms with E-state index in [2.05, 4.69) is 15.2 Å². The van der Waals surface area contributed by atoms with Crippen LogP contribution in [0.4, 0.5) is 0 Å². The molecule has 1 aromatic rings. The number of nitrogens with one attached hydrogen (secondary N) is 2. The molecule has 0 saturated heterocycles. The van der Waals surface area contributed by atoms with Crippen LogP contribution in [-0.4, -0.2) is 21.0 Å². The smallest absolute Gasteiger partial charge is 0.299 e. The van der Waals surface area contributed by atoms with Gasteiger partial charge in [-0.15, -0.1) is 0 Å². The van der Waals surface area contributed by atoms with E-state index in [4.69, 9.17) is 0 Å². The third-order valence-corrected chi connectivity index (χ3v) is 2.62. The summed E-state index contributed by atoms with van der Waals surface area (Å²) in [6, 6.07) is 0. The molecule has 0 amide bonds. The van der Waals surface area contributed by atoms with Gasteiger partial charge in [-0.25, -0.2) is 9.89 Å². The van der Waals surface area contributed by atoms with Crippen molar-refractivity contribution in [1.82, 2.24) is 15.2 Å². The highest BCUT2D eigenvalue weighted by Gasteiger charge is 2.27. The van der Waals surface area contributed by atoms with Crippen molar-refractivity contribution in [3.8, 4) is 0 Å². The highest BCUT2D eigenvalue weighted by Crippen LogP contribution is 2.26. The van der Waals surface area contributed by atoms with E-state index in [9.17, 15) is 14.4 Å². The van der Waals surface area contributed by atoms with Gasteiger partial charge in [-0.2, -0.15) is 5.10 Å². The Morgan fingerprint density at radius 1 is 1.20 bits per heavy atom. The largest absolute Gasteiger partial charge is 0.342 e. The number of aromatic nitrogens is 3. The van der Waals surface area contributed by atoms with Gasteiger partial charge in [0, 0.05) is 6.42 Å². The van der Waals surface area contributed by atoms with E-state index in [0.717, 1.165) is 12.8 Å². The van der Waals surface area contributed by atoms with Gasteiger partial charge in [0.05, 0.1) is 5.92 Å². The first-order chi connectivity index (χ1) is 7.18. The lowest BCUT2D eigenvalue weighted by atomic mass is 9.86. The first-order valence-corrected chi connectivity index (χ1v) is 4.90. The molecule has 0 aliphatic heterocycles. The maximum absolute atomic E-state index is 11.5. The molecule has 1 heterocycles. The SMILES string of the molecule is O=C1CCCCC1c1n[nH]c(=O)[nH]c1=O. The first kappa shape index (κ1) is 9.82. The third kappa shape index (κ3) is 1.88. The Kier molecular flexibility index (Phi) is 2.49. The van der Waals surface area contributed by atoms with Gasteiger partial charge in [0.15, 0.2) is 0 Å². The van der Waals surface area contributed by atoms with E-state index in [1.165, 1.54) is 0 Å². The standard InChI is InChI=1S/C9H11N3O3/c13-6-4-2-1-3-5(6)7-8(14)10-9(15)12-11-7/h5H,1-4H2,(H2,10,12,14,15). The van der Waals surface area contributed by atoms with Crippen LogP contribution in [-0.2, 0) is 4.79 Å². The summed E-state index contributed by atoms with van der Waals surface area (Å²) in [5.41, 5.74) is -1.06. The van der Waals surface area contributed by atoms with Crippen molar-refractivity contribution < 1.29 is 4.79 Å². The number of H-pyrrole nitrogens is 2. The number of Topliss-reactive ketones (excluding diaryl/α,β-unsaturated/α-hetero) is 1. The molecule has 1 aromatic heterocycles. The Labute approximate surface area is 84.7 Å². The third-order valence-electron chi connectivity index (χ3n) is 2.62. The van der Waals surface area contributed by atoms with Crippen LogP contribution in [0.15, 0.2) is 9.59 Å². The highest BCUT2D eigenvalue weighted by atomic mass is 16.2. The maximum atomic E-state index is 11.5. The van der Waals surface area contributed by atoms with Crippen LogP contribution in [0, 0.1) is 0 Å². The van der Waals surface area contributed by atoms with E-state index in [1.54, 1.807) is 0 Å². The Balaban J connectivity index is 2.40. The number of hydrogen-bond acceptors (Lipinski definition) is 4. The minimum atomic E-state index is -0.646. The van der Waals surface area contributed by atoms with Crippen molar-refractivity contribution in [3.05, 3.63) is 26.5 Å². The van der Waals surface area contributed by atoms with Gasteiger partial charge in [-0.3, -0.25) is 14.6 Å². The van der Waals surface area contributed by atoms with Crippen LogP contribution < -0.4 is 11.2 Å². The van der Waals surface area contributed by atoms with Gasteiger partial charge >= 0.3 is 5.69 Å². The van der Waals surface area contributed by atoms with Gasteiger partial charge in [0.2, 0.25) is 0 Å². The molecular formula is C9H11N3O3. The fourth-order valence-corrected chi connectivity index (χ4v) is 1.87. The fraction of sp³-hybridized carbons (Fsp3) is 0.556. The number of ketones is 1. The van der Waals surface area contributed by atoms with Crippen LogP contribution >= 0.6 is 0 Å². The molecule has 1 aliphatic carbocycles. The molecule has 0 spiro atoms. The van der Waals surface area contributed by atoms with Crippen molar-refractivity contribution in [1.29, 1.82) is 0 Å². The lowest BCUT2D eigenvalue weighted by Gasteiger charge is -2.18. The summed E-state index contributed by atoms with van der Waals surface area (Å²) in [5, 5.41) is 5.80. The van der Waals surface area contributed by atoms with E-state index in [-0.39, 0.29) is 11.5 Å². The van der Waals surface area contributed by atoms with E-state index < -0.39 is 17.2 Å². The molecule has 6 nitrogen and oxygen atoms in total. The van der Waals surface area contributed by atoms with E-state index in [0.29, 0.717) is 12.8 Å². The second kappa shape index (κ2) is 3.80. The molecule has 0 bridgehead atoms. The number of rotatable bonds is 1. The van der Waals surface area contributed by atoms with Crippen LogP contribution in [0.3, 0.4) is 0 Å². The second-order valence-electron chi connectivity index (χ2n) is 3.66. The molecule has 80 valence electrons. The summed E-state index contributed by atoms with van der Waals surface area (Å²) in [5.74, 6) is -0.411. The van der Waals surface area contributed by atoms with Crippen LogP contribution in [0.1, 0.15) is 37.3 Å². The second-order valence-corrected chi connectivity index (χ2v) is 3.66. The Bertz CT molecular complexity index is 488. The predicted octanol–water partition coefficient (Wildman–Crippen LogP) is -0.315. The van der Waals surface area contributed by atoms with Gasteiger partial charge in [-0.05, 0) is 12.8 Å². The van der Waals surface area contributed by atoms with Gasteiger partial charge in [0.25, 0.3) is 5.56 Å². The van der Waals surface area contributed by atoms with Crippen molar-refractivity contribution in [2.45, 2.75) is 31.6 Å². The fourth-order valence-electron chi connectivity index (χ4n) is 1.87. The summed E-state index contributed by atoms with van der Waals surface area (Å²) in [6.07, 6.45) is 2.92. The topological polar surface area (TPSA) is 95.7 Å². The molecule has 0 aromatic carbocycles. The lowest BCUT2D eigenvalue weighted by molar-refractivity contribution is -0.122. The zero-order valence-electron chi connectivity index (χ0n) is 8.08. The van der Waals surface area contributed by atoms with Gasteiger partial charge in [0.1, 0.15) is 11.5 Å². The number of hydrogen-bond donors (Lipinski definition) is 2.